The highest BCUT2D eigenvalue weighted by atomic mass is 79.9. The summed E-state index contributed by atoms with van der Waals surface area (Å²) in [6.45, 7) is 1.79. The molecule has 0 aliphatic heterocycles. The normalized spacial score (nSPS) is 10.3. The summed E-state index contributed by atoms with van der Waals surface area (Å²) in [4.78, 5) is 11.8. The lowest BCUT2D eigenvalue weighted by Gasteiger charge is -2.14. The van der Waals surface area contributed by atoms with Crippen LogP contribution in [0, 0.1) is 12.7 Å². The van der Waals surface area contributed by atoms with Gasteiger partial charge in [-0.25, -0.2) is 4.39 Å². The minimum absolute atomic E-state index is 0. The number of rotatable bonds is 4. The number of hydrogen-bond acceptors (Lipinski definition) is 5. The predicted molar refractivity (Wildman–Crippen MR) is 104 cm³/mol. The Labute approximate surface area is 163 Å². The smallest absolute Gasteiger partial charge is 0.271 e. The molecule has 0 unspecified atom stereocenters. The fourth-order valence-corrected chi connectivity index (χ4v) is 2.92. The van der Waals surface area contributed by atoms with E-state index < -0.39 is 11.7 Å². The van der Waals surface area contributed by atoms with Crippen LogP contribution in [0.5, 0.6) is 5.75 Å². The Hall–Kier alpha value is -2.45. The molecule has 6 nitrogen and oxygen atoms in total. The Bertz CT molecular complexity index is 1000. The molecule has 0 aliphatic carbocycles. The van der Waals surface area contributed by atoms with Crippen LogP contribution in [0.15, 0.2) is 34.8 Å². The van der Waals surface area contributed by atoms with Gasteiger partial charge in [-0.1, -0.05) is 6.07 Å². The van der Waals surface area contributed by atoms with E-state index in [0.717, 1.165) is 5.56 Å². The summed E-state index contributed by atoms with van der Waals surface area (Å²) in [5.74, 6) is -0.662. The number of aryl methyl sites for hydroxylation is 1. The van der Waals surface area contributed by atoms with Gasteiger partial charge < -0.3 is 15.8 Å². The number of carbonyl (C=O) groups is 1. The minimum Gasteiger partial charge on any atom is -0.495 e. The number of hydrogen-bond donors (Lipinski definition) is 2. The number of nitrogens with zero attached hydrogens (tertiary/aromatic N) is 2. The zero-order valence-electron chi connectivity index (χ0n) is 13.8. The van der Waals surface area contributed by atoms with Gasteiger partial charge in [0.1, 0.15) is 11.6 Å². The molecule has 3 aromatic rings. The average molecular weight is 442 g/mol. The van der Waals surface area contributed by atoms with Crippen molar-refractivity contribution in [3.8, 4) is 5.75 Å². The Morgan fingerprint density at radius 2 is 2.00 bits per heavy atom. The standard InChI is InChI=1S/C17H14BrFN4O2.ClH/c1-8-3-4-12(11(19)5-8)21-15-9-6-10(18)14(25-2)7-13(9)22-23-16(15)17(20)24;/h3-7H,1-2H3,(H2,20,24)(H,21,22);1H. The van der Waals surface area contributed by atoms with E-state index in [0.29, 0.717) is 21.1 Å². The van der Waals surface area contributed by atoms with E-state index >= 15 is 0 Å². The van der Waals surface area contributed by atoms with Crippen molar-refractivity contribution in [3.05, 3.63) is 51.9 Å². The van der Waals surface area contributed by atoms with Gasteiger partial charge in [0.15, 0.2) is 5.69 Å². The average Bonchev–Trinajstić information content (AvgIpc) is 2.56. The number of aromatic nitrogens is 2. The molecular weight excluding hydrogens is 427 g/mol. The number of nitrogens with one attached hydrogen (secondary N) is 1. The molecule has 3 rings (SSSR count). The number of methoxy groups -OCH3 is 1. The van der Waals surface area contributed by atoms with E-state index in [-0.39, 0.29) is 29.5 Å². The van der Waals surface area contributed by atoms with Crippen LogP contribution in [-0.4, -0.2) is 23.2 Å². The zero-order valence-corrected chi connectivity index (χ0v) is 16.2. The molecule has 0 radical (unpaired) electrons. The third kappa shape index (κ3) is 3.71. The number of carbonyl (C=O) groups excluding carboxylic acids is 1. The molecule has 0 aliphatic rings. The van der Waals surface area contributed by atoms with Crippen LogP contribution in [-0.2, 0) is 0 Å². The second-order valence-corrected chi connectivity index (χ2v) is 6.25. The summed E-state index contributed by atoms with van der Waals surface area (Å²) in [5.41, 5.74) is 7.06. The van der Waals surface area contributed by atoms with E-state index in [1.165, 1.54) is 13.2 Å². The SMILES string of the molecule is COc1cc2nnc(C(N)=O)c(Nc3ccc(C)cc3F)c2cc1Br.Cl. The highest BCUT2D eigenvalue weighted by Gasteiger charge is 2.18. The van der Waals surface area contributed by atoms with Crippen LogP contribution < -0.4 is 15.8 Å². The van der Waals surface area contributed by atoms with Crippen molar-refractivity contribution in [2.24, 2.45) is 5.73 Å². The third-order valence-corrected chi connectivity index (χ3v) is 4.27. The zero-order chi connectivity index (χ0) is 18.1. The van der Waals surface area contributed by atoms with Gasteiger partial charge in [0, 0.05) is 11.5 Å². The second kappa shape index (κ2) is 7.84. The molecule has 0 saturated heterocycles. The van der Waals surface area contributed by atoms with Gasteiger partial charge in [0.25, 0.3) is 5.91 Å². The molecule has 1 amide bonds. The maximum atomic E-state index is 14.2. The fourth-order valence-electron chi connectivity index (χ4n) is 2.42. The lowest BCUT2D eigenvalue weighted by atomic mass is 10.1. The lowest BCUT2D eigenvalue weighted by Crippen LogP contribution is -2.17. The molecule has 0 atom stereocenters. The first-order valence-electron chi connectivity index (χ1n) is 7.27. The number of fused-ring (bicyclic) bond motifs is 1. The number of anilines is 2. The maximum absolute atomic E-state index is 14.2. The van der Waals surface area contributed by atoms with Gasteiger partial charge in [-0.2, -0.15) is 0 Å². The molecule has 1 heterocycles. The molecule has 0 bridgehead atoms. The van der Waals surface area contributed by atoms with Crippen molar-refractivity contribution in [2.75, 3.05) is 12.4 Å². The van der Waals surface area contributed by atoms with Crippen LogP contribution in [0.3, 0.4) is 0 Å². The van der Waals surface area contributed by atoms with Crippen LogP contribution in [0.4, 0.5) is 15.8 Å². The van der Waals surface area contributed by atoms with E-state index in [1.54, 1.807) is 31.2 Å². The van der Waals surface area contributed by atoms with Crippen LogP contribution >= 0.6 is 28.3 Å². The summed E-state index contributed by atoms with van der Waals surface area (Å²) in [7, 11) is 1.53. The molecular formula is C17H15BrClFN4O2. The van der Waals surface area contributed by atoms with Crippen molar-refractivity contribution in [2.45, 2.75) is 6.92 Å². The topological polar surface area (TPSA) is 90.1 Å². The quantitative estimate of drug-likeness (QED) is 0.636. The third-order valence-electron chi connectivity index (χ3n) is 3.65. The summed E-state index contributed by atoms with van der Waals surface area (Å²) >= 11 is 3.39. The molecule has 0 fully saturated rings. The summed E-state index contributed by atoms with van der Waals surface area (Å²) < 4.78 is 20.1. The monoisotopic (exact) mass is 440 g/mol. The number of amides is 1. The van der Waals surface area contributed by atoms with Gasteiger partial charge in [0.2, 0.25) is 0 Å². The van der Waals surface area contributed by atoms with E-state index in [2.05, 4.69) is 31.4 Å². The number of halogens is 3. The van der Waals surface area contributed by atoms with Crippen molar-refractivity contribution < 1.29 is 13.9 Å². The number of benzene rings is 2. The Kier molecular flexibility index (Phi) is 5.99. The lowest BCUT2D eigenvalue weighted by molar-refractivity contribution is 0.0995. The van der Waals surface area contributed by atoms with E-state index in [4.69, 9.17) is 10.5 Å². The molecule has 9 heteroatoms. The summed E-state index contributed by atoms with van der Waals surface area (Å²) in [6, 6.07) is 8.10. The first-order valence-corrected chi connectivity index (χ1v) is 8.07. The predicted octanol–water partition coefficient (Wildman–Crippen LogP) is 4.11. The van der Waals surface area contributed by atoms with Gasteiger partial charge in [-0.05, 0) is 46.6 Å². The molecule has 26 heavy (non-hydrogen) atoms. The molecule has 0 spiro atoms. The fraction of sp³-hybridized carbons (Fsp3) is 0.118. The van der Waals surface area contributed by atoms with E-state index in [9.17, 15) is 9.18 Å². The largest absolute Gasteiger partial charge is 0.495 e. The first-order chi connectivity index (χ1) is 11.9. The number of ether oxygens (including phenoxy) is 1. The van der Waals surface area contributed by atoms with Crippen molar-refractivity contribution in [1.82, 2.24) is 10.2 Å². The minimum atomic E-state index is -0.767. The van der Waals surface area contributed by atoms with E-state index in [1.807, 2.05) is 0 Å². The maximum Gasteiger partial charge on any atom is 0.271 e. The van der Waals surface area contributed by atoms with Gasteiger partial charge >= 0.3 is 0 Å². The van der Waals surface area contributed by atoms with Crippen LogP contribution in [0.1, 0.15) is 16.1 Å². The number of primary amides is 1. The summed E-state index contributed by atoms with van der Waals surface area (Å²) in [6.07, 6.45) is 0. The van der Waals surface area contributed by atoms with Gasteiger partial charge in [-0.15, -0.1) is 22.6 Å². The van der Waals surface area contributed by atoms with Crippen molar-refractivity contribution in [3.63, 3.8) is 0 Å². The van der Waals surface area contributed by atoms with Crippen molar-refractivity contribution in [1.29, 1.82) is 0 Å². The molecule has 3 N–H and O–H groups in total. The molecule has 0 saturated carbocycles. The van der Waals surface area contributed by atoms with Crippen LogP contribution in [0.2, 0.25) is 0 Å². The molecule has 1 aromatic heterocycles. The summed E-state index contributed by atoms with van der Waals surface area (Å²) in [5, 5.41) is 11.3. The van der Waals surface area contributed by atoms with Crippen LogP contribution in [0.25, 0.3) is 10.9 Å². The molecule has 136 valence electrons. The Balaban J connectivity index is 0.00000243. The highest BCUT2D eigenvalue weighted by molar-refractivity contribution is 9.10. The molecule has 2 aromatic carbocycles. The second-order valence-electron chi connectivity index (χ2n) is 5.40. The van der Waals surface area contributed by atoms with Gasteiger partial charge in [-0.3, -0.25) is 4.79 Å². The Morgan fingerprint density at radius 1 is 1.27 bits per heavy atom. The van der Waals surface area contributed by atoms with Crippen molar-refractivity contribution >= 4 is 56.5 Å². The first kappa shape index (κ1) is 19.9. The Morgan fingerprint density at radius 3 is 2.62 bits per heavy atom. The highest BCUT2D eigenvalue weighted by Crippen LogP contribution is 2.35. The number of nitrogens with two attached hydrogens (primary N) is 1. The van der Waals surface area contributed by atoms with Gasteiger partial charge in [0.05, 0.1) is 28.5 Å².